The quantitative estimate of drug-likeness (QED) is 0.840. The topological polar surface area (TPSA) is 74.6 Å². The predicted octanol–water partition coefficient (Wildman–Crippen LogP) is 3.11. The van der Waals surface area contributed by atoms with Gasteiger partial charge in [-0.05, 0) is 12.1 Å². The van der Waals surface area contributed by atoms with Gasteiger partial charge in [0.1, 0.15) is 5.03 Å². The van der Waals surface area contributed by atoms with Crippen LogP contribution in [0.5, 0.6) is 0 Å². The highest BCUT2D eigenvalue weighted by Gasteiger charge is 2.22. The zero-order valence-corrected chi connectivity index (χ0v) is 10.3. The second kappa shape index (κ2) is 5.40. The van der Waals surface area contributed by atoms with E-state index in [0.717, 1.165) is 0 Å². The molecule has 0 amide bonds. The van der Waals surface area contributed by atoms with E-state index in [4.69, 9.17) is 45.0 Å². The van der Waals surface area contributed by atoms with Gasteiger partial charge >= 0.3 is 11.9 Å². The Balaban J connectivity index is 3.50. The van der Waals surface area contributed by atoms with Gasteiger partial charge in [0, 0.05) is 10.6 Å². The normalized spacial score (nSPS) is 11.9. The summed E-state index contributed by atoms with van der Waals surface area (Å²) in [5, 5.41) is 17.1. The minimum Gasteiger partial charge on any atom is -0.478 e. The van der Waals surface area contributed by atoms with Crippen LogP contribution in [0.2, 0.25) is 10.0 Å². The molecule has 90 valence electrons. The Bertz CT molecular complexity index is 522. The number of benzene rings is 1. The van der Waals surface area contributed by atoms with E-state index >= 15 is 0 Å². The molecule has 0 unspecified atom stereocenters. The van der Waals surface area contributed by atoms with Gasteiger partial charge < -0.3 is 10.2 Å². The molecule has 0 saturated carbocycles. The smallest absolute Gasteiger partial charge is 0.348 e. The molecule has 7 heteroatoms. The first-order valence-corrected chi connectivity index (χ1v) is 5.29. The van der Waals surface area contributed by atoms with Gasteiger partial charge in [-0.25, -0.2) is 9.59 Å². The summed E-state index contributed by atoms with van der Waals surface area (Å²) in [5.41, 5.74) is -0.586. The van der Waals surface area contributed by atoms with E-state index in [2.05, 4.69) is 0 Å². The number of rotatable bonds is 3. The van der Waals surface area contributed by atoms with Crippen molar-refractivity contribution >= 4 is 52.3 Å². The first-order valence-electron chi connectivity index (χ1n) is 4.16. The summed E-state index contributed by atoms with van der Waals surface area (Å²) in [6, 6.07) is 3.98. The van der Waals surface area contributed by atoms with E-state index in [1.165, 1.54) is 18.2 Å². The fraction of sp³-hybridized carbons (Fsp3) is 0. The van der Waals surface area contributed by atoms with Crippen LogP contribution < -0.4 is 0 Å². The number of carboxylic acids is 2. The number of hydrogen-bond acceptors (Lipinski definition) is 2. The molecule has 17 heavy (non-hydrogen) atoms. The van der Waals surface area contributed by atoms with Gasteiger partial charge in [-0.15, -0.1) is 0 Å². The molecule has 0 bridgehead atoms. The van der Waals surface area contributed by atoms with Crippen LogP contribution in [0.15, 0.2) is 23.2 Å². The first kappa shape index (κ1) is 13.8. The van der Waals surface area contributed by atoms with E-state index in [1.54, 1.807) is 0 Å². The van der Waals surface area contributed by atoms with Gasteiger partial charge in [-0.2, -0.15) is 0 Å². The molecule has 0 aliphatic rings. The Morgan fingerprint density at radius 2 is 1.65 bits per heavy atom. The van der Waals surface area contributed by atoms with Crippen LogP contribution in [0.3, 0.4) is 0 Å². The summed E-state index contributed by atoms with van der Waals surface area (Å²) in [7, 11) is 0. The van der Waals surface area contributed by atoms with Gasteiger partial charge in [0.15, 0.2) is 0 Å². The van der Waals surface area contributed by atoms with Crippen molar-refractivity contribution in [3.8, 4) is 0 Å². The van der Waals surface area contributed by atoms with Gasteiger partial charge in [-0.3, -0.25) is 0 Å². The molecule has 1 aromatic carbocycles. The number of carboxylic acid groups (broad SMARTS) is 2. The fourth-order valence-electron chi connectivity index (χ4n) is 1.13. The highest BCUT2D eigenvalue weighted by molar-refractivity contribution is 6.49. The van der Waals surface area contributed by atoms with E-state index in [-0.39, 0.29) is 10.6 Å². The summed E-state index contributed by atoms with van der Waals surface area (Å²) in [6.45, 7) is 0. The van der Waals surface area contributed by atoms with Crippen molar-refractivity contribution in [2.75, 3.05) is 0 Å². The monoisotopic (exact) mass is 294 g/mol. The average molecular weight is 296 g/mol. The maximum Gasteiger partial charge on any atom is 0.348 e. The minimum atomic E-state index is -1.55. The third-order valence-electron chi connectivity index (χ3n) is 1.82. The van der Waals surface area contributed by atoms with Gasteiger partial charge in [0.05, 0.1) is 10.6 Å². The molecule has 0 fully saturated rings. The summed E-state index contributed by atoms with van der Waals surface area (Å²) < 4.78 is 0. The maximum absolute atomic E-state index is 11.0. The fourth-order valence-corrected chi connectivity index (χ4v) is 1.81. The zero-order valence-electron chi connectivity index (χ0n) is 8.08. The van der Waals surface area contributed by atoms with Crippen molar-refractivity contribution in [3.63, 3.8) is 0 Å². The van der Waals surface area contributed by atoms with Crippen LogP contribution >= 0.6 is 34.8 Å². The number of carbonyl (C=O) groups is 2. The standard InChI is InChI=1S/C10H5Cl3O4/c11-4-1-2-5(6(12)3-4)7(9(14)15)8(13)10(16)17/h1-3H,(H,14,15)(H,16,17)/b8-7+. The lowest BCUT2D eigenvalue weighted by molar-refractivity contribution is -0.133. The number of hydrogen-bond donors (Lipinski definition) is 2. The Morgan fingerprint density at radius 1 is 1.06 bits per heavy atom. The molecule has 0 heterocycles. The highest BCUT2D eigenvalue weighted by Crippen LogP contribution is 2.30. The molecule has 1 rings (SSSR count). The molecule has 0 aromatic heterocycles. The Kier molecular flexibility index (Phi) is 4.40. The molecule has 1 aromatic rings. The van der Waals surface area contributed by atoms with Crippen molar-refractivity contribution in [2.45, 2.75) is 0 Å². The van der Waals surface area contributed by atoms with Gasteiger partial charge in [0.2, 0.25) is 0 Å². The van der Waals surface area contributed by atoms with Crippen molar-refractivity contribution in [1.82, 2.24) is 0 Å². The van der Waals surface area contributed by atoms with Crippen LogP contribution in [-0.2, 0) is 9.59 Å². The van der Waals surface area contributed by atoms with Crippen molar-refractivity contribution in [2.24, 2.45) is 0 Å². The third-order valence-corrected chi connectivity index (χ3v) is 2.72. The van der Waals surface area contributed by atoms with Crippen LogP contribution in [0.4, 0.5) is 0 Å². The summed E-state index contributed by atoms with van der Waals surface area (Å²) in [5.74, 6) is -3.03. The number of halogens is 3. The lowest BCUT2D eigenvalue weighted by Crippen LogP contribution is -2.07. The van der Waals surface area contributed by atoms with E-state index < -0.39 is 22.5 Å². The van der Waals surface area contributed by atoms with Crippen LogP contribution in [0.25, 0.3) is 5.57 Å². The second-order valence-electron chi connectivity index (χ2n) is 2.92. The molecule has 0 saturated heterocycles. The predicted molar refractivity (Wildman–Crippen MR) is 64.5 cm³/mol. The van der Waals surface area contributed by atoms with E-state index in [9.17, 15) is 9.59 Å². The van der Waals surface area contributed by atoms with Crippen LogP contribution in [-0.4, -0.2) is 22.2 Å². The SMILES string of the molecule is O=C(O)/C(Cl)=C(\C(=O)O)c1ccc(Cl)cc1Cl. The van der Waals surface area contributed by atoms with Crippen molar-refractivity contribution in [3.05, 3.63) is 38.8 Å². The minimum absolute atomic E-state index is 0.00373. The summed E-state index contributed by atoms with van der Waals surface area (Å²) in [6.07, 6.45) is 0. The van der Waals surface area contributed by atoms with E-state index in [0.29, 0.717) is 5.02 Å². The van der Waals surface area contributed by atoms with Gasteiger partial charge in [-0.1, -0.05) is 40.9 Å². The molecular formula is C10H5Cl3O4. The lowest BCUT2D eigenvalue weighted by atomic mass is 10.1. The van der Waals surface area contributed by atoms with Gasteiger partial charge in [0.25, 0.3) is 0 Å². The Labute approximate surface area is 111 Å². The first-order chi connectivity index (χ1) is 7.84. The van der Waals surface area contributed by atoms with E-state index in [1.807, 2.05) is 0 Å². The third kappa shape index (κ3) is 3.12. The maximum atomic E-state index is 11.0. The highest BCUT2D eigenvalue weighted by atomic mass is 35.5. The van der Waals surface area contributed by atoms with Crippen LogP contribution in [0, 0.1) is 0 Å². The molecule has 0 spiro atoms. The van der Waals surface area contributed by atoms with Crippen molar-refractivity contribution < 1.29 is 19.8 Å². The molecule has 4 nitrogen and oxygen atoms in total. The van der Waals surface area contributed by atoms with Crippen molar-refractivity contribution in [1.29, 1.82) is 0 Å². The molecule has 2 N–H and O–H groups in total. The number of aliphatic carboxylic acids is 2. The Morgan fingerprint density at radius 3 is 2.06 bits per heavy atom. The second-order valence-corrected chi connectivity index (χ2v) is 4.15. The zero-order chi connectivity index (χ0) is 13.2. The lowest BCUT2D eigenvalue weighted by Gasteiger charge is -2.06. The molecule has 0 aliphatic heterocycles. The molecule has 0 radical (unpaired) electrons. The molecule has 0 atom stereocenters. The molecule has 0 aliphatic carbocycles. The largest absolute Gasteiger partial charge is 0.478 e. The average Bonchev–Trinajstić information content (AvgIpc) is 2.20. The molecular weight excluding hydrogens is 290 g/mol. The summed E-state index contributed by atoms with van der Waals surface area (Å²) in [4.78, 5) is 21.7. The van der Waals surface area contributed by atoms with Crippen LogP contribution in [0.1, 0.15) is 5.56 Å². The Hall–Kier alpha value is -1.23. The summed E-state index contributed by atoms with van der Waals surface area (Å²) >= 11 is 16.9.